The van der Waals surface area contributed by atoms with Gasteiger partial charge in [0.15, 0.2) is 0 Å². The van der Waals surface area contributed by atoms with Crippen LogP contribution >= 0.6 is 0 Å². The number of hydrogen-bond donors (Lipinski definition) is 1. The van der Waals surface area contributed by atoms with Crippen molar-refractivity contribution in [2.45, 2.75) is 24.3 Å². The van der Waals surface area contributed by atoms with Crippen molar-refractivity contribution in [1.29, 1.82) is 0 Å². The number of carboxylic acids is 2. The van der Waals surface area contributed by atoms with E-state index in [-0.39, 0.29) is 64.0 Å². The number of carboxylic acid groups (broad SMARTS) is 2. The molecule has 1 rings (SSSR count). The van der Waals surface area contributed by atoms with Gasteiger partial charge in [-0.3, -0.25) is 0 Å². The summed E-state index contributed by atoms with van der Waals surface area (Å²) in [6.45, 7) is 1.75. The van der Waals surface area contributed by atoms with Gasteiger partial charge in [-0.15, -0.1) is 0 Å². The van der Waals surface area contributed by atoms with Gasteiger partial charge in [-0.05, 0) is 19.1 Å². The third-order valence-corrected chi connectivity index (χ3v) is 3.77. The molecule has 0 aliphatic rings. The number of hydrogen-bond acceptors (Lipinski definition) is 6. The monoisotopic (exact) mass is 331 g/mol. The van der Waals surface area contributed by atoms with Gasteiger partial charge in [0, 0.05) is 12.4 Å². The number of benzene rings is 1. The Bertz CT molecular complexity index is 587. The second kappa shape index (κ2) is 9.96. The minimum Gasteiger partial charge on any atom is -0.550 e. The number of carbonyl (C=O) groups is 2. The van der Waals surface area contributed by atoms with Crippen molar-refractivity contribution in [1.82, 2.24) is 4.72 Å². The van der Waals surface area contributed by atoms with Crippen molar-refractivity contribution in [3.63, 3.8) is 0 Å². The van der Waals surface area contributed by atoms with Crippen LogP contribution in [-0.4, -0.2) is 26.4 Å². The first-order chi connectivity index (χ1) is 8.72. The zero-order valence-corrected chi connectivity index (χ0v) is 16.8. The summed E-state index contributed by atoms with van der Waals surface area (Å²) < 4.78 is 25.4. The van der Waals surface area contributed by atoms with E-state index in [0.29, 0.717) is 0 Å². The Hall–Kier alpha value is 0.0700. The van der Waals surface area contributed by atoms with E-state index in [9.17, 15) is 28.2 Å². The summed E-state index contributed by atoms with van der Waals surface area (Å²) in [5.41, 5.74) is 0.824. The maximum absolute atomic E-state index is 11.8. The van der Waals surface area contributed by atoms with Crippen LogP contribution in [0.4, 0.5) is 0 Å². The standard InChI is InChI=1S/C11H13NO6S.2Na/c1-7-2-4-8(5-3-7)19(17,18)12-9(11(15)16)6-10(13)14;;/h2-5,9,12H,6H2,1H3,(H,13,14)(H,15,16);;/q;2*+1/p-2/t9-;;/m0../s1. The molecule has 0 fully saturated rings. The molecule has 0 aliphatic heterocycles. The van der Waals surface area contributed by atoms with Crippen molar-refractivity contribution in [2.75, 3.05) is 0 Å². The van der Waals surface area contributed by atoms with Crippen LogP contribution in [-0.2, 0) is 19.6 Å². The van der Waals surface area contributed by atoms with Crippen LogP contribution in [0, 0.1) is 6.92 Å². The zero-order valence-electron chi connectivity index (χ0n) is 12.0. The molecule has 0 aliphatic carbocycles. The predicted octanol–water partition coefficient (Wildman–Crippen LogP) is -8.46. The van der Waals surface area contributed by atoms with Crippen LogP contribution in [0.15, 0.2) is 29.2 Å². The van der Waals surface area contributed by atoms with E-state index < -0.39 is 34.4 Å². The molecule has 0 heterocycles. The summed E-state index contributed by atoms with van der Waals surface area (Å²) in [5.74, 6) is -3.53. The Morgan fingerprint density at radius 3 is 2.00 bits per heavy atom. The van der Waals surface area contributed by atoms with E-state index in [1.165, 1.54) is 24.3 Å². The topological polar surface area (TPSA) is 126 Å². The fraction of sp³-hybridized carbons (Fsp3) is 0.273. The fourth-order valence-corrected chi connectivity index (χ4v) is 2.50. The number of aliphatic carboxylic acids is 2. The Morgan fingerprint density at radius 1 is 1.14 bits per heavy atom. The molecule has 21 heavy (non-hydrogen) atoms. The van der Waals surface area contributed by atoms with Crippen LogP contribution in [0.1, 0.15) is 12.0 Å². The average Bonchev–Trinajstić information content (AvgIpc) is 2.27. The second-order valence-corrected chi connectivity index (χ2v) is 5.60. The molecule has 0 radical (unpaired) electrons. The fourth-order valence-electron chi connectivity index (χ4n) is 1.31. The van der Waals surface area contributed by atoms with Gasteiger partial charge in [-0.25, -0.2) is 13.1 Å². The van der Waals surface area contributed by atoms with E-state index in [4.69, 9.17) is 0 Å². The van der Waals surface area contributed by atoms with Crippen LogP contribution in [0.5, 0.6) is 0 Å². The van der Waals surface area contributed by atoms with Gasteiger partial charge in [-0.1, -0.05) is 17.7 Å². The molecule has 0 saturated carbocycles. The largest absolute Gasteiger partial charge is 1.00 e. The molecule has 1 atom stereocenters. The van der Waals surface area contributed by atoms with Gasteiger partial charge in [0.2, 0.25) is 10.0 Å². The summed E-state index contributed by atoms with van der Waals surface area (Å²) in [5, 5.41) is 21.0. The van der Waals surface area contributed by atoms with Gasteiger partial charge < -0.3 is 19.8 Å². The maximum atomic E-state index is 11.8. The average molecular weight is 331 g/mol. The Balaban J connectivity index is 0. The molecule has 0 unspecified atom stereocenters. The third-order valence-electron chi connectivity index (χ3n) is 2.28. The van der Waals surface area contributed by atoms with Crippen LogP contribution in [0.25, 0.3) is 0 Å². The molecule has 104 valence electrons. The molecule has 0 aromatic heterocycles. The molecular formula is C11H11NNa2O6S. The van der Waals surface area contributed by atoms with Crippen molar-refractivity contribution in [3.05, 3.63) is 29.8 Å². The molecule has 0 amide bonds. The van der Waals surface area contributed by atoms with Gasteiger partial charge >= 0.3 is 59.1 Å². The quantitative estimate of drug-likeness (QED) is 0.516. The minimum absolute atomic E-state index is 0. The van der Waals surface area contributed by atoms with Gasteiger partial charge in [0.1, 0.15) is 0 Å². The van der Waals surface area contributed by atoms with E-state index in [1.54, 1.807) is 11.6 Å². The first-order valence-electron chi connectivity index (χ1n) is 5.22. The van der Waals surface area contributed by atoms with Crippen LogP contribution in [0.2, 0.25) is 0 Å². The zero-order chi connectivity index (χ0) is 14.6. The first-order valence-corrected chi connectivity index (χ1v) is 6.70. The van der Waals surface area contributed by atoms with E-state index in [2.05, 4.69) is 0 Å². The molecule has 7 nitrogen and oxygen atoms in total. The predicted molar refractivity (Wildman–Crippen MR) is 59.9 cm³/mol. The summed E-state index contributed by atoms with van der Waals surface area (Å²) in [6.07, 6.45) is -1.01. The van der Waals surface area contributed by atoms with Crippen molar-refractivity contribution < 1.29 is 87.3 Å². The molecule has 1 N–H and O–H groups in total. The molecule has 0 saturated heterocycles. The SMILES string of the molecule is Cc1ccc(S(=O)(=O)N[C@@H](CC(=O)[O-])C(=O)[O-])cc1.[Na+].[Na+]. The minimum atomic E-state index is -4.13. The number of nitrogens with one attached hydrogen (secondary N) is 1. The van der Waals surface area contributed by atoms with Gasteiger partial charge in [-0.2, -0.15) is 0 Å². The number of rotatable bonds is 6. The first kappa shape index (κ1) is 23.3. The number of sulfonamides is 1. The maximum Gasteiger partial charge on any atom is 1.00 e. The molecule has 0 spiro atoms. The van der Waals surface area contributed by atoms with E-state index >= 15 is 0 Å². The Labute approximate surface area is 166 Å². The van der Waals surface area contributed by atoms with Gasteiger partial charge in [0.25, 0.3) is 0 Å². The number of aryl methyl sites for hydroxylation is 1. The molecule has 0 bridgehead atoms. The van der Waals surface area contributed by atoms with Gasteiger partial charge in [0.05, 0.1) is 16.9 Å². The van der Waals surface area contributed by atoms with Crippen molar-refractivity contribution >= 4 is 22.0 Å². The van der Waals surface area contributed by atoms with Crippen molar-refractivity contribution in [2.24, 2.45) is 0 Å². The molecule has 1 aromatic carbocycles. The smallest absolute Gasteiger partial charge is 0.550 e. The normalized spacial score (nSPS) is 11.7. The van der Waals surface area contributed by atoms with Crippen molar-refractivity contribution in [3.8, 4) is 0 Å². The number of carbonyl (C=O) groups excluding carboxylic acids is 2. The van der Waals surface area contributed by atoms with Crippen LogP contribution < -0.4 is 74.0 Å². The second-order valence-electron chi connectivity index (χ2n) is 3.88. The molecule has 10 heteroatoms. The van der Waals surface area contributed by atoms with E-state index in [1.807, 2.05) is 0 Å². The molecular weight excluding hydrogens is 320 g/mol. The summed E-state index contributed by atoms with van der Waals surface area (Å²) in [4.78, 5) is 20.8. The summed E-state index contributed by atoms with van der Waals surface area (Å²) in [6, 6.07) is 3.74. The van der Waals surface area contributed by atoms with Crippen LogP contribution in [0.3, 0.4) is 0 Å². The third kappa shape index (κ3) is 7.75. The summed E-state index contributed by atoms with van der Waals surface area (Å²) in [7, 11) is -4.13. The Kier molecular flexibility index (Phi) is 11.1. The van der Waals surface area contributed by atoms with E-state index in [0.717, 1.165) is 5.56 Å². The summed E-state index contributed by atoms with van der Waals surface area (Å²) >= 11 is 0. The molecule has 1 aromatic rings. The Morgan fingerprint density at radius 2 is 1.62 bits per heavy atom.